The average Bonchev–Trinajstić information content (AvgIpc) is 3.64. The SMILES string of the molecule is CC(=Cc1c2n(c3cccc(Cl)c13)CCC2)[N+](=O)[O-].CC(=Cc1c2n(c3cccc(Cl)c13)CCC2)[N+](=O)[O-]. The van der Waals surface area contributed by atoms with E-state index in [1.165, 1.54) is 13.8 Å². The summed E-state index contributed by atoms with van der Waals surface area (Å²) in [5, 5.41) is 24.9. The third-order valence-electron chi connectivity index (χ3n) is 7.25. The Labute approximate surface area is 229 Å². The maximum atomic E-state index is 10.8. The van der Waals surface area contributed by atoms with Gasteiger partial charge in [0.15, 0.2) is 0 Å². The van der Waals surface area contributed by atoms with Crippen molar-refractivity contribution in [2.45, 2.75) is 52.6 Å². The van der Waals surface area contributed by atoms with Crippen molar-refractivity contribution in [3.05, 3.63) is 101 Å². The van der Waals surface area contributed by atoms with Crippen molar-refractivity contribution in [2.75, 3.05) is 0 Å². The van der Waals surface area contributed by atoms with Crippen LogP contribution in [0.1, 0.15) is 49.2 Å². The molecule has 0 aliphatic carbocycles. The summed E-state index contributed by atoms with van der Waals surface area (Å²) in [5.74, 6) is 0. The molecule has 10 heteroatoms. The monoisotopic (exact) mass is 552 g/mol. The van der Waals surface area contributed by atoms with Crippen LogP contribution in [0, 0.1) is 20.2 Å². The Morgan fingerprint density at radius 1 is 0.763 bits per heavy atom. The van der Waals surface area contributed by atoms with E-state index < -0.39 is 0 Å². The lowest BCUT2D eigenvalue weighted by Crippen LogP contribution is -1.94. The number of rotatable bonds is 4. The first-order chi connectivity index (χ1) is 18.2. The molecule has 0 spiro atoms. The predicted octanol–water partition coefficient (Wildman–Crippen LogP) is 7.76. The molecule has 0 bridgehead atoms. The smallest absolute Gasteiger partial charge is 0.243 e. The van der Waals surface area contributed by atoms with Crippen LogP contribution in [0.5, 0.6) is 0 Å². The van der Waals surface area contributed by atoms with Crippen molar-refractivity contribution in [2.24, 2.45) is 0 Å². The number of benzene rings is 2. The third kappa shape index (κ3) is 4.48. The van der Waals surface area contributed by atoms with Gasteiger partial charge in [0.05, 0.1) is 30.9 Å². The van der Waals surface area contributed by atoms with Gasteiger partial charge in [0.2, 0.25) is 11.4 Å². The molecule has 4 heterocycles. The maximum Gasteiger partial charge on any atom is 0.243 e. The molecule has 2 aliphatic heterocycles. The second kappa shape index (κ2) is 10.3. The number of nitro groups is 2. The van der Waals surface area contributed by atoms with E-state index in [0.717, 1.165) is 83.1 Å². The summed E-state index contributed by atoms with van der Waals surface area (Å²) in [4.78, 5) is 21.0. The maximum absolute atomic E-state index is 10.8. The molecule has 0 unspecified atom stereocenters. The molecule has 0 N–H and O–H groups in total. The Morgan fingerprint density at radius 3 is 1.53 bits per heavy atom. The summed E-state index contributed by atoms with van der Waals surface area (Å²) in [6.45, 7) is 4.94. The molecule has 0 amide bonds. The second-order valence-corrected chi connectivity index (χ2v) is 10.4. The molecule has 0 fully saturated rings. The Bertz CT molecular complexity index is 1560. The Morgan fingerprint density at radius 2 is 1.16 bits per heavy atom. The van der Waals surface area contributed by atoms with Crippen LogP contribution in [0.4, 0.5) is 0 Å². The van der Waals surface area contributed by atoms with E-state index in [4.69, 9.17) is 23.2 Å². The molecular weight excluding hydrogens is 527 g/mol. The van der Waals surface area contributed by atoms with Gasteiger partial charge in [0.25, 0.3) is 0 Å². The van der Waals surface area contributed by atoms with Crippen molar-refractivity contribution >= 4 is 57.2 Å². The van der Waals surface area contributed by atoms with Crippen LogP contribution in [-0.2, 0) is 25.9 Å². The molecule has 8 nitrogen and oxygen atoms in total. The largest absolute Gasteiger partial charge is 0.344 e. The minimum absolute atomic E-state index is 0.141. The van der Waals surface area contributed by atoms with Gasteiger partial charge in [-0.2, -0.15) is 0 Å². The lowest BCUT2D eigenvalue weighted by Gasteiger charge is -1.99. The fourth-order valence-electron chi connectivity index (χ4n) is 5.57. The van der Waals surface area contributed by atoms with Crippen molar-refractivity contribution < 1.29 is 9.85 Å². The van der Waals surface area contributed by atoms with Gasteiger partial charge in [0, 0.05) is 72.4 Å². The van der Waals surface area contributed by atoms with E-state index in [1.54, 1.807) is 12.2 Å². The molecule has 2 aromatic heterocycles. The molecule has 0 atom stereocenters. The summed E-state index contributed by atoms with van der Waals surface area (Å²) < 4.78 is 4.44. The van der Waals surface area contributed by atoms with Gasteiger partial charge in [-0.25, -0.2) is 0 Å². The first kappa shape index (κ1) is 26.0. The van der Waals surface area contributed by atoms with Crippen LogP contribution < -0.4 is 0 Å². The van der Waals surface area contributed by atoms with Gasteiger partial charge >= 0.3 is 0 Å². The van der Waals surface area contributed by atoms with Gasteiger partial charge < -0.3 is 9.13 Å². The number of halogens is 2. The molecule has 0 radical (unpaired) electrons. The minimum Gasteiger partial charge on any atom is -0.344 e. The van der Waals surface area contributed by atoms with Crippen LogP contribution in [0.15, 0.2) is 47.8 Å². The number of fused-ring (bicyclic) bond motifs is 6. The van der Waals surface area contributed by atoms with E-state index in [1.807, 2.05) is 36.4 Å². The van der Waals surface area contributed by atoms with E-state index in [9.17, 15) is 20.2 Å². The highest BCUT2D eigenvalue weighted by atomic mass is 35.5. The van der Waals surface area contributed by atoms with Crippen molar-refractivity contribution in [1.29, 1.82) is 0 Å². The summed E-state index contributed by atoms with van der Waals surface area (Å²) in [6, 6.07) is 11.6. The molecule has 6 rings (SSSR count). The normalized spacial score (nSPS) is 14.9. The minimum atomic E-state index is -0.359. The third-order valence-corrected chi connectivity index (χ3v) is 7.88. The fourth-order valence-corrected chi connectivity index (χ4v) is 6.11. The predicted molar refractivity (Wildman–Crippen MR) is 152 cm³/mol. The van der Waals surface area contributed by atoms with E-state index in [-0.39, 0.29) is 21.2 Å². The number of allylic oxidation sites excluding steroid dienone is 2. The van der Waals surface area contributed by atoms with Crippen LogP contribution in [-0.4, -0.2) is 19.0 Å². The molecule has 2 aliphatic rings. The van der Waals surface area contributed by atoms with E-state index in [2.05, 4.69) is 9.13 Å². The first-order valence-corrected chi connectivity index (χ1v) is 13.2. The standard InChI is InChI=1S/2C14H13ClN2O2/c2*1-9(17(18)19)8-10-12-6-3-7-16(12)13-5-2-4-11(15)14(10)13/h2*2,4-5,8H,3,6-7H2,1H3. The highest BCUT2D eigenvalue weighted by Crippen LogP contribution is 2.38. The number of hydrogen-bond acceptors (Lipinski definition) is 4. The van der Waals surface area contributed by atoms with Gasteiger partial charge in [-0.1, -0.05) is 35.3 Å². The molecule has 38 heavy (non-hydrogen) atoms. The molecule has 0 saturated carbocycles. The summed E-state index contributed by atoms with van der Waals surface area (Å²) in [5.41, 5.74) is 6.56. The molecule has 4 aromatic rings. The highest BCUT2D eigenvalue weighted by Gasteiger charge is 2.24. The number of nitrogens with zero attached hydrogens (tertiary/aromatic N) is 4. The van der Waals surface area contributed by atoms with Crippen molar-refractivity contribution in [1.82, 2.24) is 9.13 Å². The zero-order valence-corrected chi connectivity index (χ0v) is 22.6. The van der Waals surface area contributed by atoms with Crippen LogP contribution >= 0.6 is 23.2 Å². The van der Waals surface area contributed by atoms with Crippen molar-refractivity contribution in [3.63, 3.8) is 0 Å². The number of aromatic nitrogens is 2. The average molecular weight is 553 g/mol. The Kier molecular flexibility index (Phi) is 7.03. The molecule has 0 saturated heterocycles. The van der Waals surface area contributed by atoms with Gasteiger partial charge in [-0.05, 0) is 49.9 Å². The lowest BCUT2D eigenvalue weighted by molar-refractivity contribution is -0.422. The van der Waals surface area contributed by atoms with E-state index in [0.29, 0.717) is 10.0 Å². The molecule has 196 valence electrons. The lowest BCUT2D eigenvalue weighted by atomic mass is 10.1. The van der Waals surface area contributed by atoms with Gasteiger partial charge in [-0.3, -0.25) is 20.2 Å². The zero-order chi connectivity index (χ0) is 27.1. The Hall–Kier alpha value is -3.62. The van der Waals surface area contributed by atoms with Crippen LogP contribution in [0.3, 0.4) is 0 Å². The van der Waals surface area contributed by atoms with Gasteiger partial charge in [-0.15, -0.1) is 0 Å². The molecule has 2 aromatic carbocycles. The van der Waals surface area contributed by atoms with Crippen molar-refractivity contribution in [3.8, 4) is 0 Å². The van der Waals surface area contributed by atoms with E-state index >= 15 is 0 Å². The van der Waals surface area contributed by atoms with Crippen LogP contribution in [0.2, 0.25) is 10.0 Å². The second-order valence-electron chi connectivity index (χ2n) is 9.58. The summed E-state index contributed by atoms with van der Waals surface area (Å²) in [7, 11) is 0. The topological polar surface area (TPSA) is 96.1 Å². The Balaban J connectivity index is 0.000000155. The number of aryl methyl sites for hydroxylation is 2. The number of hydrogen-bond donors (Lipinski definition) is 0. The first-order valence-electron chi connectivity index (χ1n) is 12.4. The summed E-state index contributed by atoms with van der Waals surface area (Å²) >= 11 is 12.6. The van der Waals surface area contributed by atoms with Crippen LogP contribution in [0.25, 0.3) is 34.0 Å². The zero-order valence-electron chi connectivity index (χ0n) is 21.0. The summed E-state index contributed by atoms with van der Waals surface area (Å²) in [6.07, 6.45) is 7.34. The molecular formula is C28H26Cl2N4O4. The van der Waals surface area contributed by atoms with Gasteiger partial charge in [0.1, 0.15) is 0 Å². The fraction of sp³-hybridized carbons (Fsp3) is 0.286. The quantitative estimate of drug-likeness (QED) is 0.191. The highest BCUT2D eigenvalue weighted by molar-refractivity contribution is 6.36.